The number of nitrogens with one attached hydrogen (secondary N) is 2. The van der Waals surface area contributed by atoms with Gasteiger partial charge in [0, 0.05) is 5.69 Å². The molecule has 1 aromatic carbocycles. The van der Waals surface area contributed by atoms with Crippen molar-refractivity contribution in [2.24, 2.45) is 0 Å². The van der Waals surface area contributed by atoms with Gasteiger partial charge in [-0.3, -0.25) is 0 Å². The molecule has 7 nitrogen and oxygen atoms in total. The topological polar surface area (TPSA) is 92.7 Å². The Labute approximate surface area is 143 Å². The van der Waals surface area contributed by atoms with E-state index in [2.05, 4.69) is 30.8 Å². The zero-order chi connectivity index (χ0) is 17.1. The van der Waals surface area contributed by atoms with E-state index in [1.165, 1.54) is 11.3 Å². The second-order valence-electron chi connectivity index (χ2n) is 5.35. The third kappa shape index (κ3) is 3.65. The molecule has 124 valence electrons. The summed E-state index contributed by atoms with van der Waals surface area (Å²) in [4.78, 5) is 21.0. The van der Waals surface area contributed by atoms with Crippen molar-refractivity contribution in [3.8, 4) is 0 Å². The maximum atomic E-state index is 12.0. The highest BCUT2D eigenvalue weighted by Gasteiger charge is 2.07. The van der Waals surface area contributed by atoms with Crippen molar-refractivity contribution in [2.75, 3.05) is 5.32 Å². The molecule has 24 heavy (non-hydrogen) atoms. The van der Waals surface area contributed by atoms with Crippen LogP contribution in [0.2, 0.25) is 0 Å². The number of nitrogens with zero attached hydrogens (tertiary/aromatic N) is 4. The number of carbonyl (C=O) groups excluding carboxylic acids is 1. The fourth-order valence-corrected chi connectivity index (χ4v) is 2.87. The van der Waals surface area contributed by atoms with E-state index in [1.54, 1.807) is 0 Å². The number of aryl methyl sites for hydroxylation is 3. The van der Waals surface area contributed by atoms with Gasteiger partial charge in [-0.05, 0) is 38.5 Å². The molecule has 0 radical (unpaired) electrons. The minimum absolute atomic E-state index is 0.292. The van der Waals surface area contributed by atoms with E-state index in [4.69, 9.17) is 0 Å². The maximum Gasteiger partial charge on any atom is 0.319 e. The molecule has 0 atom stereocenters. The molecule has 2 N–H and O–H groups in total. The molecule has 0 spiro atoms. The molecule has 0 saturated heterocycles. The van der Waals surface area contributed by atoms with Crippen LogP contribution in [-0.4, -0.2) is 26.2 Å². The molecule has 2 aromatic heterocycles. The van der Waals surface area contributed by atoms with E-state index in [0.29, 0.717) is 12.2 Å². The average Bonchev–Trinajstić information content (AvgIpc) is 3.02. The van der Waals surface area contributed by atoms with E-state index in [9.17, 15) is 4.79 Å². The Hall–Kier alpha value is -2.61. The minimum atomic E-state index is -0.292. The molecular weight excluding hydrogens is 324 g/mol. The second kappa shape index (κ2) is 6.88. The van der Waals surface area contributed by atoms with Gasteiger partial charge in [0.05, 0.1) is 29.0 Å². The van der Waals surface area contributed by atoms with Gasteiger partial charge in [0.1, 0.15) is 10.0 Å². The van der Waals surface area contributed by atoms with Gasteiger partial charge in [-0.15, -0.1) is 10.2 Å². The van der Waals surface area contributed by atoms with Gasteiger partial charge in [0.2, 0.25) is 0 Å². The summed E-state index contributed by atoms with van der Waals surface area (Å²) in [5.41, 5.74) is 4.03. The lowest BCUT2D eigenvalue weighted by atomic mass is 10.2. The molecule has 0 bridgehead atoms. The standard InChI is InChI=1S/C16H18N6OS/c1-4-14-21-22-15(24-14)8-17-16(23)20-11-5-6-12-13(7-11)19-10(3)9(2)18-12/h5-7H,4,8H2,1-3H3,(H2,17,20,23). The van der Waals surface area contributed by atoms with E-state index >= 15 is 0 Å². The number of fused-ring (bicyclic) bond motifs is 1. The van der Waals surface area contributed by atoms with Gasteiger partial charge < -0.3 is 10.6 Å². The van der Waals surface area contributed by atoms with Crippen LogP contribution in [0.15, 0.2) is 18.2 Å². The third-order valence-corrected chi connectivity index (χ3v) is 4.61. The summed E-state index contributed by atoms with van der Waals surface area (Å²) in [5, 5.41) is 15.4. The lowest BCUT2D eigenvalue weighted by Crippen LogP contribution is -2.28. The highest BCUT2D eigenvalue weighted by Crippen LogP contribution is 2.17. The van der Waals surface area contributed by atoms with Crippen molar-refractivity contribution in [3.63, 3.8) is 0 Å². The Morgan fingerprint density at radius 3 is 2.50 bits per heavy atom. The number of rotatable bonds is 4. The van der Waals surface area contributed by atoms with Crippen molar-refractivity contribution in [2.45, 2.75) is 33.7 Å². The number of urea groups is 1. The predicted octanol–water partition coefficient (Wildman–Crippen LogP) is 2.98. The summed E-state index contributed by atoms with van der Waals surface area (Å²) in [7, 11) is 0. The molecule has 3 rings (SSSR count). The number of hydrogen-bond donors (Lipinski definition) is 2. The molecule has 0 aliphatic rings. The molecular formula is C16H18N6OS. The maximum absolute atomic E-state index is 12.0. The zero-order valence-electron chi connectivity index (χ0n) is 13.8. The van der Waals surface area contributed by atoms with Crippen molar-refractivity contribution < 1.29 is 4.79 Å². The molecule has 0 saturated carbocycles. The Balaban J connectivity index is 1.65. The van der Waals surface area contributed by atoms with Crippen LogP contribution >= 0.6 is 11.3 Å². The second-order valence-corrected chi connectivity index (χ2v) is 6.50. The summed E-state index contributed by atoms with van der Waals surface area (Å²) in [6.07, 6.45) is 0.848. The normalized spacial score (nSPS) is 10.8. The van der Waals surface area contributed by atoms with Crippen molar-refractivity contribution >= 4 is 34.1 Å². The monoisotopic (exact) mass is 342 g/mol. The number of amides is 2. The SMILES string of the molecule is CCc1nnc(CNC(=O)Nc2ccc3nc(C)c(C)nc3c2)s1. The summed E-state index contributed by atoms with van der Waals surface area (Å²) in [6, 6.07) is 5.18. The number of hydrogen-bond acceptors (Lipinski definition) is 6. The van der Waals surface area contributed by atoms with Crippen LogP contribution in [0.25, 0.3) is 11.0 Å². The quantitative estimate of drug-likeness (QED) is 0.760. The van der Waals surface area contributed by atoms with Crippen LogP contribution in [-0.2, 0) is 13.0 Å². The van der Waals surface area contributed by atoms with Crippen molar-refractivity contribution in [1.82, 2.24) is 25.5 Å². The zero-order valence-corrected chi connectivity index (χ0v) is 14.6. The highest BCUT2D eigenvalue weighted by atomic mass is 32.1. The minimum Gasteiger partial charge on any atom is -0.331 e. The Morgan fingerprint density at radius 2 is 1.79 bits per heavy atom. The van der Waals surface area contributed by atoms with Gasteiger partial charge in [-0.1, -0.05) is 18.3 Å². The Kier molecular flexibility index (Phi) is 4.66. The van der Waals surface area contributed by atoms with Crippen molar-refractivity contribution in [1.29, 1.82) is 0 Å². The lowest BCUT2D eigenvalue weighted by Gasteiger charge is -2.08. The summed E-state index contributed by atoms with van der Waals surface area (Å²) >= 11 is 1.50. The van der Waals surface area contributed by atoms with Gasteiger partial charge in [-0.25, -0.2) is 14.8 Å². The van der Waals surface area contributed by atoms with Gasteiger partial charge in [0.15, 0.2) is 0 Å². The fraction of sp³-hybridized carbons (Fsp3) is 0.312. The molecule has 8 heteroatoms. The Morgan fingerprint density at radius 1 is 1.08 bits per heavy atom. The number of benzene rings is 1. The van der Waals surface area contributed by atoms with E-state index in [-0.39, 0.29) is 6.03 Å². The van der Waals surface area contributed by atoms with Crippen LogP contribution in [0.1, 0.15) is 28.3 Å². The molecule has 3 aromatic rings. The van der Waals surface area contributed by atoms with Crippen LogP contribution in [0.3, 0.4) is 0 Å². The molecule has 2 heterocycles. The van der Waals surface area contributed by atoms with Crippen molar-refractivity contribution in [3.05, 3.63) is 39.6 Å². The van der Waals surface area contributed by atoms with Crippen LogP contribution in [0.4, 0.5) is 10.5 Å². The van der Waals surface area contributed by atoms with Gasteiger partial charge >= 0.3 is 6.03 Å². The molecule has 0 aliphatic heterocycles. The van der Waals surface area contributed by atoms with E-state index in [1.807, 2.05) is 39.0 Å². The number of anilines is 1. The Bertz CT molecular complexity index is 891. The van der Waals surface area contributed by atoms with Crippen LogP contribution in [0, 0.1) is 13.8 Å². The summed E-state index contributed by atoms with van der Waals surface area (Å²) in [6.45, 7) is 6.23. The van der Waals surface area contributed by atoms with E-state index in [0.717, 1.165) is 38.9 Å². The summed E-state index contributed by atoms with van der Waals surface area (Å²) < 4.78 is 0. The molecule has 0 unspecified atom stereocenters. The first-order valence-electron chi connectivity index (χ1n) is 7.66. The average molecular weight is 342 g/mol. The largest absolute Gasteiger partial charge is 0.331 e. The van der Waals surface area contributed by atoms with Gasteiger partial charge in [-0.2, -0.15) is 0 Å². The first-order chi connectivity index (χ1) is 11.5. The molecule has 2 amide bonds. The lowest BCUT2D eigenvalue weighted by molar-refractivity contribution is 0.251. The third-order valence-electron chi connectivity index (χ3n) is 3.54. The van der Waals surface area contributed by atoms with Gasteiger partial charge in [0.25, 0.3) is 0 Å². The van der Waals surface area contributed by atoms with Crippen LogP contribution in [0.5, 0.6) is 0 Å². The molecule has 0 fully saturated rings. The highest BCUT2D eigenvalue weighted by molar-refractivity contribution is 7.11. The first-order valence-corrected chi connectivity index (χ1v) is 8.48. The molecule has 0 aliphatic carbocycles. The number of aromatic nitrogens is 4. The predicted molar refractivity (Wildman–Crippen MR) is 94.2 cm³/mol. The fourth-order valence-electron chi connectivity index (χ4n) is 2.14. The number of carbonyl (C=O) groups is 1. The van der Waals surface area contributed by atoms with E-state index < -0.39 is 0 Å². The smallest absolute Gasteiger partial charge is 0.319 e. The summed E-state index contributed by atoms with van der Waals surface area (Å²) in [5.74, 6) is 0. The van der Waals surface area contributed by atoms with Crippen LogP contribution < -0.4 is 10.6 Å². The first kappa shape index (κ1) is 16.3.